The van der Waals surface area contributed by atoms with Crippen molar-refractivity contribution in [3.05, 3.63) is 73.5 Å². The van der Waals surface area contributed by atoms with Crippen molar-refractivity contribution in [2.24, 2.45) is 5.73 Å². The Kier molecular flexibility index (Phi) is 4.62. The highest BCUT2D eigenvalue weighted by Gasteiger charge is 2.41. The molecule has 2 aromatic rings. The Balaban J connectivity index is 1.99. The van der Waals surface area contributed by atoms with Crippen molar-refractivity contribution in [1.82, 2.24) is 0 Å². The summed E-state index contributed by atoms with van der Waals surface area (Å²) in [5.74, 6) is -0.764. The maximum atomic E-state index is 14.7. The van der Waals surface area contributed by atoms with E-state index < -0.39 is 11.7 Å². The van der Waals surface area contributed by atoms with E-state index in [-0.39, 0.29) is 22.9 Å². The van der Waals surface area contributed by atoms with Crippen LogP contribution in [0.5, 0.6) is 0 Å². The van der Waals surface area contributed by atoms with Crippen LogP contribution in [0.4, 0.5) is 10.1 Å². The minimum Gasteiger partial charge on any atom is -0.384 e. The molecule has 0 unspecified atom stereocenters. The molecule has 0 radical (unpaired) electrons. The molecule has 1 atom stereocenters. The van der Waals surface area contributed by atoms with Gasteiger partial charge in [-0.25, -0.2) is 4.39 Å². The van der Waals surface area contributed by atoms with Gasteiger partial charge in [-0.05, 0) is 42.5 Å². The van der Waals surface area contributed by atoms with Crippen LogP contribution in [0, 0.1) is 17.1 Å². The Morgan fingerprint density at radius 2 is 2.15 bits per heavy atom. The van der Waals surface area contributed by atoms with E-state index >= 15 is 0 Å². The van der Waals surface area contributed by atoms with Gasteiger partial charge in [-0.3, -0.25) is 9.69 Å². The molecule has 7 heteroatoms. The highest BCUT2D eigenvalue weighted by atomic mass is 79.9. The topological polar surface area (TPSA) is 70.1 Å². The molecule has 2 N–H and O–H groups in total. The van der Waals surface area contributed by atoms with Gasteiger partial charge in [0.2, 0.25) is 0 Å². The average molecular weight is 444 g/mol. The van der Waals surface area contributed by atoms with E-state index in [2.05, 4.69) is 22.0 Å². The number of hydrogen-bond donors (Lipinski definition) is 1. The largest absolute Gasteiger partial charge is 0.384 e. The zero-order valence-corrected chi connectivity index (χ0v) is 16.6. The molecule has 0 amide bonds. The summed E-state index contributed by atoms with van der Waals surface area (Å²) in [6.45, 7) is 0. The average Bonchev–Trinajstić information content (AvgIpc) is 3.16. The number of nitriles is 1. The predicted octanol–water partition coefficient (Wildman–Crippen LogP) is 4.95. The maximum Gasteiger partial charge on any atom is 0.161 e. The number of hydrogen-bond acceptors (Lipinski definition) is 5. The summed E-state index contributed by atoms with van der Waals surface area (Å²) in [5, 5.41) is 11.8. The van der Waals surface area contributed by atoms with E-state index in [1.54, 1.807) is 17.0 Å². The highest BCUT2D eigenvalue weighted by Crippen LogP contribution is 2.47. The van der Waals surface area contributed by atoms with E-state index in [9.17, 15) is 14.4 Å². The van der Waals surface area contributed by atoms with Gasteiger partial charge in [0.25, 0.3) is 0 Å². The van der Waals surface area contributed by atoms with Crippen LogP contribution >= 0.6 is 27.3 Å². The number of Topliss-reactive ketones (excluding diaryl/α,β-unsaturated/α-hetero) is 1. The SMILES string of the molecule is N#CC1=C(N)N(c2ccc(Br)cc2F)C2=C(C(=O)CCC2)[C@H]1c1cccs1. The van der Waals surface area contributed by atoms with E-state index in [4.69, 9.17) is 5.73 Å². The molecule has 136 valence electrons. The number of nitrogens with zero attached hydrogens (tertiary/aromatic N) is 2. The van der Waals surface area contributed by atoms with Crippen LogP contribution in [-0.2, 0) is 4.79 Å². The number of benzene rings is 1. The molecule has 1 aliphatic heterocycles. The molecule has 4 rings (SSSR count). The van der Waals surface area contributed by atoms with Crippen LogP contribution in [0.3, 0.4) is 0 Å². The molecule has 0 saturated carbocycles. The lowest BCUT2D eigenvalue weighted by molar-refractivity contribution is -0.116. The van der Waals surface area contributed by atoms with Gasteiger partial charge in [-0.15, -0.1) is 11.3 Å². The van der Waals surface area contributed by atoms with Gasteiger partial charge < -0.3 is 5.73 Å². The Morgan fingerprint density at radius 3 is 2.81 bits per heavy atom. The van der Waals surface area contributed by atoms with Crippen LogP contribution in [0.1, 0.15) is 30.1 Å². The molecule has 0 fully saturated rings. The fourth-order valence-corrected chi connectivity index (χ4v) is 4.94. The molecule has 1 aromatic heterocycles. The predicted molar refractivity (Wildman–Crippen MR) is 106 cm³/mol. The van der Waals surface area contributed by atoms with Crippen molar-refractivity contribution in [2.75, 3.05) is 4.90 Å². The first-order valence-electron chi connectivity index (χ1n) is 8.47. The molecule has 0 bridgehead atoms. The fraction of sp³-hybridized carbons (Fsp3) is 0.200. The lowest BCUT2D eigenvalue weighted by Gasteiger charge is -2.39. The van der Waals surface area contributed by atoms with E-state index in [1.165, 1.54) is 17.4 Å². The second kappa shape index (κ2) is 6.95. The van der Waals surface area contributed by atoms with Crippen molar-refractivity contribution in [1.29, 1.82) is 5.26 Å². The van der Waals surface area contributed by atoms with Crippen LogP contribution < -0.4 is 10.6 Å². The molecule has 2 heterocycles. The van der Waals surface area contributed by atoms with Crippen LogP contribution in [0.15, 0.2) is 62.8 Å². The third-order valence-electron chi connectivity index (χ3n) is 4.89. The van der Waals surface area contributed by atoms with Crippen LogP contribution in [0.25, 0.3) is 0 Å². The standard InChI is InChI=1S/C20H15BrFN3OS/c21-11-6-7-14(13(22)9-11)25-15-3-1-4-16(26)19(15)18(12(10-23)20(25)24)17-5-2-8-27-17/h2,5-9,18H,1,3-4,24H2/t18-/m1/s1. The monoisotopic (exact) mass is 443 g/mol. The zero-order chi connectivity index (χ0) is 19.1. The van der Waals surface area contributed by atoms with E-state index in [0.29, 0.717) is 35.0 Å². The molecular weight excluding hydrogens is 429 g/mol. The third kappa shape index (κ3) is 2.89. The van der Waals surface area contributed by atoms with Crippen LogP contribution in [0.2, 0.25) is 0 Å². The van der Waals surface area contributed by atoms with Crippen molar-refractivity contribution in [2.45, 2.75) is 25.2 Å². The second-order valence-electron chi connectivity index (χ2n) is 6.43. The number of ketones is 1. The third-order valence-corrected chi connectivity index (χ3v) is 6.32. The molecule has 0 spiro atoms. The summed E-state index contributed by atoms with van der Waals surface area (Å²) in [5.41, 5.74) is 8.18. The molecule has 1 aliphatic carbocycles. The number of nitrogens with two attached hydrogens (primary N) is 1. The number of rotatable bonds is 2. The van der Waals surface area contributed by atoms with Crippen LogP contribution in [-0.4, -0.2) is 5.78 Å². The normalized spacial score (nSPS) is 20.0. The zero-order valence-electron chi connectivity index (χ0n) is 14.2. The van der Waals surface area contributed by atoms with Crippen molar-refractivity contribution in [3.63, 3.8) is 0 Å². The number of carbonyl (C=O) groups excluding carboxylic acids is 1. The number of carbonyl (C=O) groups is 1. The molecule has 1 aromatic carbocycles. The second-order valence-corrected chi connectivity index (χ2v) is 8.32. The summed E-state index contributed by atoms with van der Waals surface area (Å²) < 4.78 is 15.3. The summed E-state index contributed by atoms with van der Waals surface area (Å²) in [7, 11) is 0. The Hall–Kier alpha value is -2.43. The molecule has 2 aliphatic rings. The smallest absolute Gasteiger partial charge is 0.161 e. The fourth-order valence-electron chi connectivity index (χ4n) is 3.76. The minimum atomic E-state index is -0.479. The van der Waals surface area contributed by atoms with E-state index in [0.717, 1.165) is 4.88 Å². The van der Waals surface area contributed by atoms with Gasteiger partial charge in [-0.1, -0.05) is 22.0 Å². The van der Waals surface area contributed by atoms with Gasteiger partial charge in [0.15, 0.2) is 5.78 Å². The lowest BCUT2D eigenvalue weighted by atomic mass is 9.78. The Bertz CT molecular complexity index is 1040. The first-order valence-corrected chi connectivity index (χ1v) is 10.1. The maximum absolute atomic E-state index is 14.7. The van der Waals surface area contributed by atoms with Crippen molar-refractivity contribution >= 4 is 38.7 Å². The van der Waals surface area contributed by atoms with Crippen molar-refractivity contribution < 1.29 is 9.18 Å². The summed E-state index contributed by atoms with van der Waals surface area (Å²) in [6, 6.07) is 10.6. The highest BCUT2D eigenvalue weighted by molar-refractivity contribution is 9.10. The van der Waals surface area contributed by atoms with Crippen molar-refractivity contribution in [3.8, 4) is 6.07 Å². The molecule has 27 heavy (non-hydrogen) atoms. The number of thiophene rings is 1. The van der Waals surface area contributed by atoms with Gasteiger partial charge in [0.1, 0.15) is 11.6 Å². The van der Waals surface area contributed by atoms with Gasteiger partial charge in [0.05, 0.1) is 23.2 Å². The summed E-state index contributed by atoms with van der Waals surface area (Å²) in [4.78, 5) is 15.3. The number of halogens is 2. The Morgan fingerprint density at radius 1 is 1.33 bits per heavy atom. The first-order chi connectivity index (χ1) is 13.0. The molecular formula is C20H15BrFN3OS. The summed E-state index contributed by atoms with van der Waals surface area (Å²) in [6.07, 6.45) is 1.71. The summed E-state index contributed by atoms with van der Waals surface area (Å²) >= 11 is 4.74. The number of anilines is 1. The van der Waals surface area contributed by atoms with Gasteiger partial charge in [0, 0.05) is 27.0 Å². The number of allylic oxidation sites excluding steroid dienone is 3. The van der Waals surface area contributed by atoms with Gasteiger partial charge >= 0.3 is 0 Å². The molecule has 0 saturated heterocycles. The Labute approximate surface area is 168 Å². The lowest BCUT2D eigenvalue weighted by Crippen LogP contribution is -2.39. The minimum absolute atomic E-state index is 0.00239. The van der Waals surface area contributed by atoms with E-state index in [1.807, 2.05) is 17.5 Å². The quantitative estimate of drug-likeness (QED) is 0.712. The van der Waals surface area contributed by atoms with Gasteiger partial charge in [-0.2, -0.15) is 5.26 Å². The molecule has 4 nitrogen and oxygen atoms in total. The first kappa shape index (κ1) is 18.0.